The molecule has 6 heteroatoms. The van der Waals surface area contributed by atoms with Gasteiger partial charge in [0.2, 0.25) is 5.91 Å². The monoisotopic (exact) mass is 341 g/mol. The van der Waals surface area contributed by atoms with Crippen molar-refractivity contribution in [3.8, 4) is 10.6 Å². The number of carbonyl (C=O) groups is 1. The van der Waals surface area contributed by atoms with Crippen LogP contribution < -0.4 is 5.32 Å². The molecule has 3 rings (SSSR count). The summed E-state index contributed by atoms with van der Waals surface area (Å²) in [6.45, 7) is 6.12. The highest BCUT2D eigenvalue weighted by molar-refractivity contribution is 7.15. The van der Waals surface area contributed by atoms with Gasteiger partial charge in [-0.25, -0.2) is 4.98 Å². The summed E-state index contributed by atoms with van der Waals surface area (Å²) in [5.41, 5.74) is 3.68. The summed E-state index contributed by atoms with van der Waals surface area (Å²) in [5, 5.41) is 7.81. The molecular weight excluding hydrogens is 322 g/mol. The van der Waals surface area contributed by atoms with E-state index in [9.17, 15) is 4.79 Å². The lowest BCUT2D eigenvalue weighted by molar-refractivity contribution is -0.120. The molecule has 0 radical (unpaired) electrons. The van der Waals surface area contributed by atoms with Gasteiger partial charge in [0.15, 0.2) is 0 Å². The second-order valence-electron chi connectivity index (χ2n) is 5.65. The van der Waals surface area contributed by atoms with Gasteiger partial charge in [-0.05, 0) is 20.8 Å². The van der Waals surface area contributed by atoms with Gasteiger partial charge in [-0.2, -0.15) is 0 Å². The molecule has 2 aromatic heterocycles. The maximum Gasteiger partial charge on any atom is 0.224 e. The van der Waals surface area contributed by atoms with E-state index in [2.05, 4.69) is 15.5 Å². The molecule has 0 bridgehead atoms. The van der Waals surface area contributed by atoms with Crippen LogP contribution in [-0.4, -0.2) is 16.0 Å². The van der Waals surface area contributed by atoms with Gasteiger partial charge >= 0.3 is 0 Å². The fourth-order valence-corrected chi connectivity index (χ4v) is 3.46. The Morgan fingerprint density at radius 2 is 1.92 bits per heavy atom. The normalized spacial score (nSPS) is 10.8. The zero-order valence-electron chi connectivity index (χ0n) is 13.9. The number of rotatable bonds is 5. The van der Waals surface area contributed by atoms with Gasteiger partial charge in [-0.15, -0.1) is 11.3 Å². The van der Waals surface area contributed by atoms with Crippen LogP contribution in [0.2, 0.25) is 0 Å². The first kappa shape index (κ1) is 16.4. The van der Waals surface area contributed by atoms with Crippen molar-refractivity contribution in [1.29, 1.82) is 0 Å². The number of amides is 1. The summed E-state index contributed by atoms with van der Waals surface area (Å²) < 4.78 is 5.09. The molecule has 0 aliphatic rings. The quantitative estimate of drug-likeness (QED) is 0.770. The van der Waals surface area contributed by atoms with E-state index in [1.165, 1.54) is 0 Å². The minimum absolute atomic E-state index is 0.0431. The topological polar surface area (TPSA) is 68.0 Å². The molecule has 2 heterocycles. The van der Waals surface area contributed by atoms with Crippen LogP contribution >= 0.6 is 11.3 Å². The molecule has 0 aliphatic heterocycles. The van der Waals surface area contributed by atoms with Crippen molar-refractivity contribution in [2.45, 2.75) is 33.7 Å². The van der Waals surface area contributed by atoms with Crippen molar-refractivity contribution in [3.63, 3.8) is 0 Å². The first-order valence-electron chi connectivity index (χ1n) is 7.74. The zero-order valence-corrected chi connectivity index (χ0v) is 14.7. The Labute approximate surface area is 144 Å². The summed E-state index contributed by atoms with van der Waals surface area (Å²) in [6.07, 6.45) is 0.282. The number of thiazole rings is 1. The van der Waals surface area contributed by atoms with Crippen LogP contribution in [0.4, 0.5) is 0 Å². The maximum atomic E-state index is 12.2. The molecule has 0 saturated carbocycles. The third kappa shape index (κ3) is 3.54. The summed E-state index contributed by atoms with van der Waals surface area (Å²) >= 11 is 1.61. The molecule has 1 amide bonds. The van der Waals surface area contributed by atoms with Gasteiger partial charge in [-0.3, -0.25) is 4.79 Å². The van der Waals surface area contributed by atoms with E-state index in [-0.39, 0.29) is 12.3 Å². The Morgan fingerprint density at radius 1 is 1.17 bits per heavy atom. The third-order valence-electron chi connectivity index (χ3n) is 3.88. The fourth-order valence-electron chi connectivity index (χ4n) is 2.45. The molecule has 0 unspecified atom stereocenters. The van der Waals surface area contributed by atoms with Crippen molar-refractivity contribution < 1.29 is 9.32 Å². The summed E-state index contributed by atoms with van der Waals surface area (Å²) in [4.78, 5) is 17.9. The molecule has 24 heavy (non-hydrogen) atoms. The van der Waals surface area contributed by atoms with Gasteiger partial charge < -0.3 is 9.84 Å². The number of hydrogen-bond donors (Lipinski definition) is 1. The molecule has 0 aliphatic carbocycles. The van der Waals surface area contributed by atoms with Crippen molar-refractivity contribution in [3.05, 3.63) is 57.9 Å². The highest BCUT2D eigenvalue weighted by atomic mass is 32.1. The van der Waals surface area contributed by atoms with E-state index >= 15 is 0 Å². The number of aryl methyl sites for hydroxylation is 3. The number of nitrogens with one attached hydrogen (secondary N) is 1. The molecule has 3 aromatic rings. The number of hydrogen-bond acceptors (Lipinski definition) is 5. The van der Waals surface area contributed by atoms with Gasteiger partial charge in [0.05, 0.1) is 24.4 Å². The van der Waals surface area contributed by atoms with Crippen molar-refractivity contribution in [2.75, 3.05) is 0 Å². The van der Waals surface area contributed by atoms with Crippen LogP contribution in [0.1, 0.15) is 27.6 Å². The highest BCUT2D eigenvalue weighted by Crippen LogP contribution is 2.27. The molecule has 0 fully saturated rings. The lowest BCUT2D eigenvalue weighted by atomic mass is 10.1. The van der Waals surface area contributed by atoms with Crippen LogP contribution in [0, 0.1) is 20.8 Å². The summed E-state index contributed by atoms with van der Waals surface area (Å²) in [5.74, 6) is 0.654. The average Bonchev–Trinajstić information content (AvgIpc) is 3.11. The second kappa shape index (κ2) is 6.97. The average molecular weight is 341 g/mol. The standard InChI is InChI=1S/C18H19N3O2S/c1-11-15(13(3)23-21-11)9-17(22)19-10-16-12(2)20-18(24-16)14-7-5-4-6-8-14/h4-8H,9-10H2,1-3H3,(H,19,22). The first-order valence-corrected chi connectivity index (χ1v) is 8.56. The van der Waals surface area contributed by atoms with Gasteiger partial charge in [0.25, 0.3) is 0 Å². The molecule has 0 saturated heterocycles. The molecule has 1 aromatic carbocycles. The number of benzene rings is 1. The van der Waals surface area contributed by atoms with E-state index in [1.807, 2.05) is 51.1 Å². The third-order valence-corrected chi connectivity index (χ3v) is 5.08. The van der Waals surface area contributed by atoms with E-state index in [0.29, 0.717) is 12.3 Å². The molecule has 0 spiro atoms. The van der Waals surface area contributed by atoms with Crippen LogP contribution in [0.5, 0.6) is 0 Å². The Morgan fingerprint density at radius 3 is 2.58 bits per heavy atom. The van der Waals surface area contributed by atoms with E-state index < -0.39 is 0 Å². The van der Waals surface area contributed by atoms with Crippen LogP contribution in [-0.2, 0) is 17.8 Å². The lowest BCUT2D eigenvalue weighted by Crippen LogP contribution is -2.24. The Hall–Kier alpha value is -2.47. The Kier molecular flexibility index (Phi) is 4.76. The number of aromatic nitrogens is 2. The first-order chi connectivity index (χ1) is 11.5. The zero-order chi connectivity index (χ0) is 17.1. The van der Waals surface area contributed by atoms with E-state index in [1.54, 1.807) is 11.3 Å². The van der Waals surface area contributed by atoms with Gasteiger partial charge in [0, 0.05) is 16.0 Å². The molecular formula is C18H19N3O2S. The smallest absolute Gasteiger partial charge is 0.224 e. The van der Waals surface area contributed by atoms with Crippen LogP contribution in [0.3, 0.4) is 0 Å². The molecule has 5 nitrogen and oxygen atoms in total. The van der Waals surface area contributed by atoms with Crippen molar-refractivity contribution in [1.82, 2.24) is 15.5 Å². The largest absolute Gasteiger partial charge is 0.361 e. The van der Waals surface area contributed by atoms with Crippen LogP contribution in [0.15, 0.2) is 34.9 Å². The predicted molar refractivity (Wildman–Crippen MR) is 93.8 cm³/mol. The minimum Gasteiger partial charge on any atom is -0.361 e. The summed E-state index contributed by atoms with van der Waals surface area (Å²) in [7, 11) is 0. The van der Waals surface area contributed by atoms with Crippen LogP contribution in [0.25, 0.3) is 10.6 Å². The highest BCUT2D eigenvalue weighted by Gasteiger charge is 2.14. The van der Waals surface area contributed by atoms with Gasteiger partial charge in [-0.1, -0.05) is 35.5 Å². The second-order valence-corrected chi connectivity index (χ2v) is 6.73. The summed E-state index contributed by atoms with van der Waals surface area (Å²) in [6, 6.07) is 10.1. The fraction of sp³-hybridized carbons (Fsp3) is 0.278. The van der Waals surface area contributed by atoms with E-state index in [0.717, 1.165) is 32.4 Å². The number of carbonyl (C=O) groups excluding carboxylic acids is 1. The number of nitrogens with zero attached hydrogens (tertiary/aromatic N) is 2. The van der Waals surface area contributed by atoms with Crippen molar-refractivity contribution >= 4 is 17.2 Å². The van der Waals surface area contributed by atoms with Crippen molar-refractivity contribution in [2.24, 2.45) is 0 Å². The molecule has 1 N–H and O–H groups in total. The lowest BCUT2D eigenvalue weighted by Gasteiger charge is -2.04. The minimum atomic E-state index is -0.0431. The van der Waals surface area contributed by atoms with Gasteiger partial charge in [0.1, 0.15) is 10.8 Å². The Balaban J connectivity index is 1.65. The molecule has 124 valence electrons. The SMILES string of the molecule is Cc1nc(-c2ccccc2)sc1CNC(=O)Cc1c(C)noc1C. The molecule has 0 atom stereocenters. The maximum absolute atomic E-state index is 12.2. The Bertz CT molecular complexity index is 833. The van der Waals surface area contributed by atoms with E-state index in [4.69, 9.17) is 4.52 Å². The predicted octanol–water partition coefficient (Wildman–Crippen LogP) is 3.58.